The Morgan fingerprint density at radius 2 is 1.90 bits per heavy atom. The number of rotatable bonds is 6. The second kappa shape index (κ2) is 11.5. The Morgan fingerprint density at radius 1 is 1.19 bits per heavy atom. The zero-order chi connectivity index (χ0) is 14.0. The summed E-state index contributed by atoms with van der Waals surface area (Å²) in [5.74, 6) is 0.975. The molecule has 2 rings (SSSR count). The van der Waals surface area contributed by atoms with Crippen LogP contribution in [0.2, 0.25) is 0 Å². The first-order chi connectivity index (χ1) is 9.88. The third-order valence-electron chi connectivity index (χ3n) is 4.22. The zero-order valence-corrected chi connectivity index (χ0v) is 15.6. The highest BCUT2D eigenvalue weighted by molar-refractivity contribution is 14.0. The van der Waals surface area contributed by atoms with Crippen LogP contribution in [-0.4, -0.2) is 63.3 Å². The molecule has 1 aliphatic carbocycles. The average Bonchev–Trinajstić information content (AvgIpc) is 3.00. The van der Waals surface area contributed by atoms with Gasteiger partial charge in [0.25, 0.3) is 0 Å². The molecule has 0 unspecified atom stereocenters. The van der Waals surface area contributed by atoms with Crippen LogP contribution >= 0.6 is 24.0 Å². The van der Waals surface area contributed by atoms with Gasteiger partial charge in [-0.25, -0.2) is 0 Å². The molecule has 0 aromatic carbocycles. The summed E-state index contributed by atoms with van der Waals surface area (Å²) < 4.78 is 5.36. The molecular weight excluding hydrogens is 379 g/mol. The smallest absolute Gasteiger partial charge is 0.191 e. The van der Waals surface area contributed by atoms with Gasteiger partial charge in [0.2, 0.25) is 0 Å². The number of hydrogen-bond acceptors (Lipinski definition) is 3. The van der Waals surface area contributed by atoms with Crippen molar-refractivity contribution in [1.82, 2.24) is 15.5 Å². The molecule has 2 aliphatic rings. The molecule has 2 fully saturated rings. The monoisotopic (exact) mass is 410 g/mol. The van der Waals surface area contributed by atoms with E-state index in [1.54, 1.807) is 0 Å². The summed E-state index contributed by atoms with van der Waals surface area (Å²) in [5.41, 5.74) is 0. The first kappa shape index (κ1) is 19.0. The minimum Gasteiger partial charge on any atom is -0.379 e. The van der Waals surface area contributed by atoms with E-state index >= 15 is 0 Å². The number of nitrogens with zero attached hydrogens (tertiary/aromatic N) is 2. The largest absolute Gasteiger partial charge is 0.379 e. The second-order valence-electron chi connectivity index (χ2n) is 5.79. The Kier molecular flexibility index (Phi) is 10.4. The van der Waals surface area contributed by atoms with Crippen LogP contribution in [0.1, 0.15) is 38.5 Å². The second-order valence-corrected chi connectivity index (χ2v) is 5.79. The highest BCUT2D eigenvalue weighted by Crippen LogP contribution is 2.17. The van der Waals surface area contributed by atoms with E-state index in [-0.39, 0.29) is 24.0 Å². The molecule has 0 aromatic heterocycles. The quantitative estimate of drug-likeness (QED) is 0.304. The Balaban J connectivity index is 0.00000220. The van der Waals surface area contributed by atoms with E-state index in [0.29, 0.717) is 6.04 Å². The summed E-state index contributed by atoms with van der Waals surface area (Å²) in [7, 11) is 1.86. The molecule has 0 spiro atoms. The maximum Gasteiger partial charge on any atom is 0.191 e. The molecule has 1 saturated carbocycles. The van der Waals surface area contributed by atoms with Crippen molar-refractivity contribution in [3.63, 3.8) is 0 Å². The van der Waals surface area contributed by atoms with E-state index in [2.05, 4.69) is 20.5 Å². The van der Waals surface area contributed by atoms with Gasteiger partial charge in [0.05, 0.1) is 13.2 Å². The lowest BCUT2D eigenvalue weighted by molar-refractivity contribution is 0.0372. The van der Waals surface area contributed by atoms with Crippen molar-refractivity contribution in [2.24, 2.45) is 4.99 Å². The van der Waals surface area contributed by atoms with E-state index in [4.69, 9.17) is 4.74 Å². The molecule has 6 heteroatoms. The summed E-state index contributed by atoms with van der Waals surface area (Å²) in [6.45, 7) is 6.19. The van der Waals surface area contributed by atoms with E-state index in [9.17, 15) is 0 Å². The molecule has 1 heterocycles. The van der Waals surface area contributed by atoms with Crippen LogP contribution in [0.15, 0.2) is 4.99 Å². The van der Waals surface area contributed by atoms with E-state index in [0.717, 1.165) is 38.8 Å². The Hall–Kier alpha value is -0.0800. The highest BCUT2D eigenvalue weighted by atomic mass is 127. The summed E-state index contributed by atoms with van der Waals surface area (Å²) in [6.07, 6.45) is 7.73. The van der Waals surface area contributed by atoms with Crippen molar-refractivity contribution in [3.05, 3.63) is 0 Å². The lowest BCUT2D eigenvalue weighted by Gasteiger charge is -2.26. The molecule has 1 saturated heterocycles. The van der Waals surface area contributed by atoms with Crippen LogP contribution in [0.3, 0.4) is 0 Å². The lowest BCUT2D eigenvalue weighted by atomic mass is 10.2. The topological polar surface area (TPSA) is 48.9 Å². The average molecular weight is 410 g/mol. The van der Waals surface area contributed by atoms with Crippen LogP contribution in [0.4, 0.5) is 0 Å². The van der Waals surface area contributed by atoms with Gasteiger partial charge in [0.15, 0.2) is 5.96 Å². The number of aliphatic imine (C=N–C) groups is 1. The SMILES string of the molecule is CN=C(NCCCCN1CCOCC1)NC1CCCC1.I. The number of halogens is 1. The normalized spacial score (nSPS) is 21.1. The van der Waals surface area contributed by atoms with Gasteiger partial charge in [-0.1, -0.05) is 12.8 Å². The van der Waals surface area contributed by atoms with Crippen molar-refractivity contribution in [2.75, 3.05) is 46.4 Å². The van der Waals surface area contributed by atoms with Crippen LogP contribution < -0.4 is 10.6 Å². The van der Waals surface area contributed by atoms with Crippen LogP contribution in [0, 0.1) is 0 Å². The summed E-state index contributed by atoms with van der Waals surface area (Å²) in [6, 6.07) is 0.634. The fraction of sp³-hybridized carbons (Fsp3) is 0.933. The predicted molar refractivity (Wildman–Crippen MR) is 98.7 cm³/mol. The minimum absolute atomic E-state index is 0. The van der Waals surface area contributed by atoms with Gasteiger partial charge < -0.3 is 15.4 Å². The molecule has 0 aromatic rings. The highest BCUT2D eigenvalue weighted by Gasteiger charge is 2.15. The first-order valence-corrected chi connectivity index (χ1v) is 8.16. The van der Waals surface area contributed by atoms with Crippen molar-refractivity contribution in [3.8, 4) is 0 Å². The van der Waals surface area contributed by atoms with E-state index in [1.807, 2.05) is 7.05 Å². The molecule has 0 atom stereocenters. The van der Waals surface area contributed by atoms with Gasteiger partial charge in [-0.05, 0) is 32.2 Å². The van der Waals surface area contributed by atoms with Crippen LogP contribution in [-0.2, 0) is 4.74 Å². The number of morpholine rings is 1. The fourth-order valence-electron chi connectivity index (χ4n) is 2.95. The predicted octanol–water partition coefficient (Wildman–Crippen LogP) is 1.82. The van der Waals surface area contributed by atoms with Gasteiger partial charge in [-0.2, -0.15) is 0 Å². The number of hydrogen-bond donors (Lipinski definition) is 2. The number of guanidine groups is 1. The number of ether oxygens (including phenoxy) is 1. The zero-order valence-electron chi connectivity index (χ0n) is 13.3. The van der Waals surface area contributed by atoms with Gasteiger partial charge in [-0.3, -0.25) is 9.89 Å². The maximum atomic E-state index is 5.36. The standard InChI is InChI=1S/C15H30N4O.HI/c1-16-15(18-14-6-2-3-7-14)17-8-4-5-9-19-10-12-20-13-11-19;/h14H,2-13H2,1H3,(H2,16,17,18);1H. The molecular formula is C15H31IN4O. The van der Waals surface area contributed by atoms with Gasteiger partial charge >= 0.3 is 0 Å². The summed E-state index contributed by atoms with van der Waals surface area (Å²) in [5, 5.41) is 6.95. The van der Waals surface area contributed by atoms with Gasteiger partial charge in [0, 0.05) is 32.7 Å². The minimum atomic E-state index is 0. The molecule has 0 amide bonds. The maximum absolute atomic E-state index is 5.36. The molecule has 2 N–H and O–H groups in total. The Labute approximate surface area is 146 Å². The lowest BCUT2D eigenvalue weighted by Crippen LogP contribution is -2.42. The van der Waals surface area contributed by atoms with Gasteiger partial charge in [0.1, 0.15) is 0 Å². The third-order valence-corrected chi connectivity index (χ3v) is 4.22. The molecule has 21 heavy (non-hydrogen) atoms. The molecule has 1 aliphatic heterocycles. The molecule has 5 nitrogen and oxygen atoms in total. The van der Waals surface area contributed by atoms with E-state index in [1.165, 1.54) is 45.1 Å². The van der Waals surface area contributed by atoms with Gasteiger partial charge in [-0.15, -0.1) is 24.0 Å². The first-order valence-electron chi connectivity index (χ1n) is 8.16. The van der Waals surface area contributed by atoms with Crippen molar-refractivity contribution in [1.29, 1.82) is 0 Å². The Morgan fingerprint density at radius 3 is 2.57 bits per heavy atom. The number of nitrogens with one attached hydrogen (secondary N) is 2. The van der Waals surface area contributed by atoms with Crippen molar-refractivity contribution in [2.45, 2.75) is 44.6 Å². The van der Waals surface area contributed by atoms with Crippen LogP contribution in [0.25, 0.3) is 0 Å². The molecule has 0 radical (unpaired) electrons. The Bertz CT molecular complexity index is 289. The van der Waals surface area contributed by atoms with Crippen molar-refractivity contribution < 1.29 is 4.74 Å². The van der Waals surface area contributed by atoms with Crippen LogP contribution in [0.5, 0.6) is 0 Å². The summed E-state index contributed by atoms with van der Waals surface area (Å²) >= 11 is 0. The molecule has 124 valence electrons. The third kappa shape index (κ3) is 7.65. The summed E-state index contributed by atoms with van der Waals surface area (Å²) in [4.78, 5) is 6.80. The van der Waals surface area contributed by atoms with Crippen molar-refractivity contribution >= 4 is 29.9 Å². The van der Waals surface area contributed by atoms with E-state index < -0.39 is 0 Å². The molecule has 0 bridgehead atoms. The number of unbranched alkanes of at least 4 members (excludes halogenated alkanes) is 1. The fourth-order valence-corrected chi connectivity index (χ4v) is 2.95.